The van der Waals surface area contributed by atoms with Gasteiger partial charge in [-0.2, -0.15) is 0 Å². The van der Waals surface area contributed by atoms with Gasteiger partial charge in [0.25, 0.3) is 0 Å². The van der Waals surface area contributed by atoms with Crippen LogP contribution in [0.4, 0.5) is 4.39 Å². The Balaban J connectivity index is 3.15. The largest absolute Gasteiger partial charge is 0.298 e. The lowest BCUT2D eigenvalue weighted by Gasteiger charge is -2.00. The molecule has 0 unspecified atom stereocenters. The molecule has 1 aromatic carbocycles. The van der Waals surface area contributed by atoms with Gasteiger partial charge >= 0.3 is 0 Å². The number of hydrogen-bond donors (Lipinski definition) is 0. The van der Waals surface area contributed by atoms with E-state index in [9.17, 15) is 9.18 Å². The molecule has 0 aliphatic heterocycles. The normalized spacial score (nSPS) is 12.2. The summed E-state index contributed by atoms with van der Waals surface area (Å²) in [4.78, 5) is 10.6. The number of halogens is 2. The Bertz CT molecular complexity index is 336. The molecule has 13 heavy (non-hydrogen) atoms. The van der Waals surface area contributed by atoms with Crippen LogP contribution >= 0.6 is 11.6 Å². The van der Waals surface area contributed by atoms with Crippen LogP contribution in [0.5, 0.6) is 0 Å². The number of carbonyl (C=O) groups excluding carboxylic acids is 1. The van der Waals surface area contributed by atoms with E-state index in [0.717, 1.165) is 0 Å². The van der Waals surface area contributed by atoms with Crippen LogP contribution in [0.25, 0.3) is 5.57 Å². The lowest BCUT2D eigenvalue weighted by molar-refractivity contribution is -0.103. The van der Waals surface area contributed by atoms with Crippen molar-refractivity contribution in [3.63, 3.8) is 0 Å². The standard InChI is InChI=1S/C10H8ClFO/c1-7(11)10(6-13)8-2-4-9(12)5-3-8/h2-6H,1H3/b10-7+. The summed E-state index contributed by atoms with van der Waals surface area (Å²) in [6.45, 7) is 1.62. The van der Waals surface area contributed by atoms with E-state index in [2.05, 4.69) is 0 Å². The van der Waals surface area contributed by atoms with E-state index in [-0.39, 0.29) is 5.82 Å². The second-order valence-corrected chi connectivity index (χ2v) is 3.14. The van der Waals surface area contributed by atoms with E-state index < -0.39 is 0 Å². The minimum absolute atomic E-state index is 0.332. The molecule has 1 nitrogen and oxygen atoms in total. The average Bonchev–Trinajstić information content (AvgIpc) is 2.09. The molecule has 0 N–H and O–H groups in total. The van der Waals surface area contributed by atoms with Gasteiger partial charge in [0.2, 0.25) is 0 Å². The molecule has 0 bridgehead atoms. The van der Waals surface area contributed by atoms with Crippen LogP contribution in [-0.2, 0) is 4.79 Å². The fourth-order valence-corrected chi connectivity index (χ4v) is 1.13. The monoisotopic (exact) mass is 198 g/mol. The predicted molar refractivity (Wildman–Crippen MR) is 50.9 cm³/mol. The Labute approximate surface area is 80.8 Å². The highest BCUT2D eigenvalue weighted by molar-refractivity contribution is 6.36. The van der Waals surface area contributed by atoms with Crippen LogP contribution < -0.4 is 0 Å². The summed E-state index contributed by atoms with van der Waals surface area (Å²) in [6, 6.07) is 5.62. The van der Waals surface area contributed by atoms with Crippen molar-refractivity contribution < 1.29 is 9.18 Å². The summed E-state index contributed by atoms with van der Waals surface area (Å²) in [5.74, 6) is -0.332. The van der Waals surface area contributed by atoms with Crippen LogP contribution in [0, 0.1) is 5.82 Å². The second kappa shape index (κ2) is 4.19. The minimum Gasteiger partial charge on any atom is -0.298 e. The molecule has 0 atom stereocenters. The second-order valence-electron chi connectivity index (χ2n) is 2.57. The van der Waals surface area contributed by atoms with Crippen LogP contribution in [-0.4, -0.2) is 6.29 Å². The van der Waals surface area contributed by atoms with Gasteiger partial charge in [0.1, 0.15) is 5.82 Å². The molecule has 0 aromatic heterocycles. The molecule has 1 aromatic rings. The summed E-state index contributed by atoms with van der Waals surface area (Å²) in [7, 11) is 0. The summed E-state index contributed by atoms with van der Waals surface area (Å²) in [5.41, 5.74) is 1.02. The number of rotatable bonds is 2. The molecule has 0 aliphatic carbocycles. The lowest BCUT2D eigenvalue weighted by Crippen LogP contribution is -1.87. The molecule has 0 saturated heterocycles. The van der Waals surface area contributed by atoms with Gasteiger partial charge in [0.05, 0.1) is 0 Å². The number of hydrogen-bond acceptors (Lipinski definition) is 1. The molecular formula is C10H8ClFO. The Kier molecular flexibility index (Phi) is 3.20. The van der Waals surface area contributed by atoms with Crippen LogP contribution in [0.2, 0.25) is 0 Å². The predicted octanol–water partition coefficient (Wildman–Crippen LogP) is 2.99. The van der Waals surface area contributed by atoms with Gasteiger partial charge in [-0.05, 0) is 24.6 Å². The molecule has 0 amide bonds. The number of benzene rings is 1. The highest BCUT2D eigenvalue weighted by atomic mass is 35.5. The SMILES string of the molecule is C/C(Cl)=C(/C=O)c1ccc(F)cc1. The summed E-state index contributed by atoms with van der Waals surface area (Å²) in [6.07, 6.45) is 0.662. The Hall–Kier alpha value is -1.15. The fourth-order valence-electron chi connectivity index (χ4n) is 0.978. The number of carbonyl (C=O) groups is 1. The summed E-state index contributed by atoms with van der Waals surface area (Å²) < 4.78 is 12.5. The fraction of sp³-hybridized carbons (Fsp3) is 0.100. The van der Waals surface area contributed by atoms with Crippen LogP contribution in [0.1, 0.15) is 12.5 Å². The molecule has 0 aliphatic rings. The minimum atomic E-state index is -0.332. The molecule has 1 rings (SSSR count). The molecule has 0 spiro atoms. The maximum absolute atomic E-state index is 12.5. The van der Waals surface area contributed by atoms with Crippen molar-refractivity contribution in [2.45, 2.75) is 6.92 Å². The van der Waals surface area contributed by atoms with Crippen molar-refractivity contribution in [2.75, 3.05) is 0 Å². The van der Waals surface area contributed by atoms with Crippen molar-refractivity contribution in [3.05, 3.63) is 40.7 Å². The van der Waals surface area contributed by atoms with Crippen LogP contribution in [0.15, 0.2) is 29.3 Å². The first kappa shape index (κ1) is 9.93. The third-order valence-electron chi connectivity index (χ3n) is 1.64. The van der Waals surface area contributed by atoms with Gasteiger partial charge < -0.3 is 0 Å². The van der Waals surface area contributed by atoms with Gasteiger partial charge in [-0.3, -0.25) is 4.79 Å². The molecule has 0 fully saturated rings. The van der Waals surface area contributed by atoms with Gasteiger partial charge in [0.15, 0.2) is 6.29 Å². The van der Waals surface area contributed by atoms with E-state index in [0.29, 0.717) is 22.5 Å². The van der Waals surface area contributed by atoms with Gasteiger partial charge in [-0.25, -0.2) is 4.39 Å². The third-order valence-corrected chi connectivity index (χ3v) is 1.85. The average molecular weight is 199 g/mol. The third kappa shape index (κ3) is 2.39. The van der Waals surface area contributed by atoms with E-state index in [1.807, 2.05) is 0 Å². The number of allylic oxidation sites excluding steroid dienone is 2. The van der Waals surface area contributed by atoms with Crippen LogP contribution in [0.3, 0.4) is 0 Å². The zero-order valence-electron chi connectivity index (χ0n) is 7.05. The first-order valence-electron chi connectivity index (χ1n) is 3.72. The van der Waals surface area contributed by atoms with E-state index in [1.54, 1.807) is 6.92 Å². The van der Waals surface area contributed by atoms with Crippen molar-refractivity contribution in [2.24, 2.45) is 0 Å². The molecule has 68 valence electrons. The van der Waals surface area contributed by atoms with Crippen molar-refractivity contribution >= 4 is 23.5 Å². The molecule has 3 heteroatoms. The Morgan fingerprint density at radius 2 is 1.92 bits per heavy atom. The maximum atomic E-state index is 12.5. The molecule has 0 saturated carbocycles. The zero-order chi connectivity index (χ0) is 9.84. The molecule has 0 heterocycles. The lowest BCUT2D eigenvalue weighted by atomic mass is 10.1. The van der Waals surface area contributed by atoms with Gasteiger partial charge in [0, 0.05) is 10.6 Å². The van der Waals surface area contributed by atoms with E-state index in [4.69, 9.17) is 11.6 Å². The first-order chi connectivity index (χ1) is 6.15. The zero-order valence-corrected chi connectivity index (χ0v) is 7.81. The topological polar surface area (TPSA) is 17.1 Å². The van der Waals surface area contributed by atoms with E-state index >= 15 is 0 Å². The number of aldehydes is 1. The van der Waals surface area contributed by atoms with Gasteiger partial charge in [-0.1, -0.05) is 23.7 Å². The first-order valence-corrected chi connectivity index (χ1v) is 4.10. The summed E-state index contributed by atoms with van der Waals surface area (Å²) in [5, 5.41) is 0.404. The highest BCUT2D eigenvalue weighted by Gasteiger charge is 2.02. The van der Waals surface area contributed by atoms with Gasteiger partial charge in [-0.15, -0.1) is 0 Å². The van der Waals surface area contributed by atoms with Crippen molar-refractivity contribution in [3.8, 4) is 0 Å². The summed E-state index contributed by atoms with van der Waals surface area (Å²) >= 11 is 5.67. The van der Waals surface area contributed by atoms with Crippen molar-refractivity contribution in [1.82, 2.24) is 0 Å². The molecular weight excluding hydrogens is 191 g/mol. The Morgan fingerprint density at radius 3 is 2.31 bits per heavy atom. The van der Waals surface area contributed by atoms with Crippen molar-refractivity contribution in [1.29, 1.82) is 0 Å². The smallest absolute Gasteiger partial charge is 0.151 e. The quantitative estimate of drug-likeness (QED) is 0.528. The Morgan fingerprint density at radius 1 is 1.38 bits per heavy atom. The highest BCUT2D eigenvalue weighted by Crippen LogP contribution is 2.19. The van der Waals surface area contributed by atoms with E-state index in [1.165, 1.54) is 24.3 Å². The molecule has 0 radical (unpaired) electrons. The maximum Gasteiger partial charge on any atom is 0.151 e.